The second-order valence-electron chi connectivity index (χ2n) is 9.15. The highest BCUT2D eigenvalue weighted by atomic mass is 16.5. The SMILES string of the molecule is COc1nc(N2CCN(C(=O)C(=O)c3c[nH]c4c(-n5cnc(C)n5)ncc(OC)c34)CC2)[n+](-c2ccccc2)[nH]1. The molecule has 0 atom stereocenters. The maximum atomic E-state index is 13.5. The zero-order valence-corrected chi connectivity index (χ0v) is 22.2. The topological polar surface area (TPSA) is 151 Å². The molecule has 0 unspecified atom stereocenters. The average Bonchev–Trinajstić information content (AvgIpc) is 3.75. The number of aromatic amines is 2. The highest BCUT2D eigenvalue weighted by Gasteiger charge is 2.35. The number of anilines is 1. The van der Waals surface area contributed by atoms with Crippen LogP contribution in [0, 0.1) is 6.92 Å². The third kappa shape index (κ3) is 4.28. The molecule has 14 heteroatoms. The van der Waals surface area contributed by atoms with Crippen LogP contribution < -0.4 is 19.1 Å². The van der Waals surface area contributed by atoms with Crippen molar-refractivity contribution in [1.82, 2.24) is 39.7 Å². The van der Waals surface area contributed by atoms with Crippen LogP contribution in [0.25, 0.3) is 22.4 Å². The number of aryl methyl sites for hydroxylation is 1. The van der Waals surface area contributed by atoms with Gasteiger partial charge in [-0.1, -0.05) is 18.2 Å². The summed E-state index contributed by atoms with van der Waals surface area (Å²) in [6, 6.07) is 10.1. The fourth-order valence-electron chi connectivity index (χ4n) is 4.80. The Bertz CT molecular complexity index is 1700. The lowest BCUT2D eigenvalue weighted by molar-refractivity contribution is -0.644. The predicted octanol–water partition coefficient (Wildman–Crippen LogP) is 1.00. The van der Waals surface area contributed by atoms with Gasteiger partial charge >= 0.3 is 12.0 Å². The summed E-state index contributed by atoms with van der Waals surface area (Å²) in [7, 11) is 3.04. The molecule has 0 radical (unpaired) electrons. The molecule has 0 saturated carbocycles. The second kappa shape index (κ2) is 10.1. The van der Waals surface area contributed by atoms with Crippen molar-refractivity contribution in [2.75, 3.05) is 45.3 Å². The number of carbonyl (C=O) groups is 2. The van der Waals surface area contributed by atoms with Crippen LogP contribution in [0.15, 0.2) is 49.1 Å². The monoisotopic (exact) mass is 543 g/mol. The van der Waals surface area contributed by atoms with E-state index >= 15 is 0 Å². The quantitative estimate of drug-likeness (QED) is 0.174. The Morgan fingerprint density at radius 3 is 2.48 bits per heavy atom. The zero-order valence-electron chi connectivity index (χ0n) is 22.2. The van der Waals surface area contributed by atoms with Gasteiger partial charge in [-0.3, -0.25) is 14.5 Å². The van der Waals surface area contributed by atoms with E-state index in [0.29, 0.717) is 66.4 Å². The van der Waals surface area contributed by atoms with Crippen LogP contribution in [0.5, 0.6) is 11.8 Å². The summed E-state index contributed by atoms with van der Waals surface area (Å²) in [4.78, 5) is 46.7. The number of piperazine rings is 1. The Labute approximate surface area is 228 Å². The predicted molar refractivity (Wildman–Crippen MR) is 142 cm³/mol. The highest BCUT2D eigenvalue weighted by Crippen LogP contribution is 2.32. The number of pyridine rings is 1. The molecule has 0 aliphatic carbocycles. The lowest BCUT2D eigenvalue weighted by Gasteiger charge is -2.30. The first-order chi connectivity index (χ1) is 19.5. The van der Waals surface area contributed by atoms with E-state index in [0.717, 1.165) is 5.69 Å². The molecule has 1 amide bonds. The van der Waals surface area contributed by atoms with E-state index in [2.05, 4.69) is 30.1 Å². The van der Waals surface area contributed by atoms with Gasteiger partial charge < -0.3 is 19.4 Å². The number of para-hydroxylation sites is 1. The Morgan fingerprint density at radius 1 is 1.02 bits per heavy atom. The molecule has 5 aromatic rings. The molecule has 5 heterocycles. The third-order valence-electron chi connectivity index (χ3n) is 6.80. The lowest BCUT2D eigenvalue weighted by atomic mass is 10.1. The van der Waals surface area contributed by atoms with Gasteiger partial charge in [-0.25, -0.2) is 14.6 Å². The normalized spacial score (nSPS) is 13.6. The summed E-state index contributed by atoms with van der Waals surface area (Å²) in [5.74, 6) is 0.823. The first kappa shape index (κ1) is 25.0. The van der Waals surface area contributed by atoms with E-state index in [-0.39, 0.29) is 5.56 Å². The Kier molecular flexibility index (Phi) is 6.34. The molecule has 1 aliphatic heterocycles. The van der Waals surface area contributed by atoms with Gasteiger partial charge in [0.05, 0.1) is 63.1 Å². The molecule has 1 fully saturated rings. The van der Waals surface area contributed by atoms with E-state index < -0.39 is 11.7 Å². The van der Waals surface area contributed by atoms with Gasteiger partial charge in [-0.15, -0.1) is 4.68 Å². The molecule has 204 valence electrons. The van der Waals surface area contributed by atoms with Crippen molar-refractivity contribution in [3.05, 3.63) is 60.4 Å². The third-order valence-corrected chi connectivity index (χ3v) is 6.80. The van der Waals surface area contributed by atoms with Crippen LogP contribution in [0.2, 0.25) is 0 Å². The van der Waals surface area contributed by atoms with Crippen molar-refractivity contribution in [2.24, 2.45) is 0 Å². The van der Waals surface area contributed by atoms with Crippen LogP contribution in [0.4, 0.5) is 5.95 Å². The van der Waals surface area contributed by atoms with Gasteiger partial charge in [0.1, 0.15) is 23.6 Å². The lowest BCUT2D eigenvalue weighted by Crippen LogP contribution is -2.53. The number of H-pyrrole nitrogens is 2. The standard InChI is InChI=1S/C26H26N10O4/c1-16-29-15-35(31-16)23-21-20(19(39-2)14-28-23)18(13-27-21)22(37)24(38)33-9-11-34(12-10-33)26-30-25(40-3)32-36(26)17-7-5-4-6-8-17/h4-8,13-15H,9-12H2,1-3H3,(H,27,28,37)/p+1. The number of rotatable bonds is 7. The number of ketones is 1. The molecule has 6 rings (SSSR count). The molecule has 1 aromatic carbocycles. The van der Waals surface area contributed by atoms with E-state index in [9.17, 15) is 9.59 Å². The van der Waals surface area contributed by atoms with E-state index in [4.69, 9.17) is 9.47 Å². The molecule has 1 saturated heterocycles. The van der Waals surface area contributed by atoms with Gasteiger partial charge in [-0.2, -0.15) is 10.2 Å². The number of aromatic nitrogens is 8. The molecule has 40 heavy (non-hydrogen) atoms. The fourth-order valence-corrected chi connectivity index (χ4v) is 4.80. The number of methoxy groups -OCH3 is 2. The number of fused-ring (bicyclic) bond motifs is 1. The summed E-state index contributed by atoms with van der Waals surface area (Å²) < 4.78 is 14.2. The smallest absolute Gasteiger partial charge is 0.422 e. The minimum atomic E-state index is -0.634. The number of carbonyl (C=O) groups excluding carboxylic acids is 2. The molecular formula is C26H27N10O4+. The molecule has 0 bridgehead atoms. The van der Waals surface area contributed by atoms with Gasteiger partial charge in [0, 0.05) is 6.20 Å². The van der Waals surface area contributed by atoms with Crippen LogP contribution in [0.1, 0.15) is 16.2 Å². The number of nitrogens with one attached hydrogen (secondary N) is 2. The Balaban J connectivity index is 1.23. The van der Waals surface area contributed by atoms with Crippen LogP contribution in [-0.2, 0) is 4.79 Å². The van der Waals surface area contributed by atoms with Gasteiger partial charge in [0.25, 0.3) is 11.7 Å². The first-order valence-corrected chi connectivity index (χ1v) is 12.6. The van der Waals surface area contributed by atoms with E-state index in [1.807, 2.05) is 39.9 Å². The van der Waals surface area contributed by atoms with Crippen LogP contribution in [-0.4, -0.2) is 91.8 Å². The minimum Gasteiger partial charge on any atom is -0.494 e. The fraction of sp³-hybridized carbons (Fsp3) is 0.269. The van der Waals surface area contributed by atoms with Crippen molar-refractivity contribution in [2.45, 2.75) is 6.92 Å². The summed E-state index contributed by atoms with van der Waals surface area (Å²) in [5, 5.41) is 7.92. The number of hydrogen-bond donors (Lipinski definition) is 2. The summed E-state index contributed by atoms with van der Waals surface area (Å²) in [6.45, 7) is 3.43. The van der Waals surface area contributed by atoms with Crippen molar-refractivity contribution in [1.29, 1.82) is 0 Å². The molecule has 2 N–H and O–H groups in total. The molecular weight excluding hydrogens is 516 g/mol. The number of ether oxygens (including phenoxy) is 2. The maximum Gasteiger partial charge on any atom is 0.422 e. The van der Waals surface area contributed by atoms with Gasteiger partial charge in [0.15, 0.2) is 5.82 Å². The van der Waals surface area contributed by atoms with Crippen LogP contribution in [0.3, 0.4) is 0 Å². The summed E-state index contributed by atoms with van der Waals surface area (Å²) in [6.07, 6.45) is 4.55. The summed E-state index contributed by atoms with van der Waals surface area (Å²) >= 11 is 0. The Morgan fingerprint density at radius 2 is 1.80 bits per heavy atom. The van der Waals surface area contributed by atoms with Crippen LogP contribution >= 0.6 is 0 Å². The molecule has 1 aliphatic rings. The maximum absolute atomic E-state index is 13.5. The summed E-state index contributed by atoms with van der Waals surface area (Å²) in [5.41, 5.74) is 1.62. The minimum absolute atomic E-state index is 0.207. The number of Topliss-reactive ketones (excluding diaryl/α,β-unsaturated/α-hetero) is 1. The van der Waals surface area contributed by atoms with Crippen molar-refractivity contribution < 1.29 is 23.7 Å². The number of amides is 1. The molecule has 0 spiro atoms. The van der Waals surface area contributed by atoms with Gasteiger partial charge in [-0.05, 0) is 24.0 Å². The number of benzene rings is 1. The molecule has 4 aromatic heterocycles. The largest absolute Gasteiger partial charge is 0.494 e. The Hall–Kier alpha value is -5.27. The van der Waals surface area contributed by atoms with Crippen molar-refractivity contribution >= 4 is 28.5 Å². The second-order valence-corrected chi connectivity index (χ2v) is 9.15. The first-order valence-electron chi connectivity index (χ1n) is 12.6. The van der Waals surface area contributed by atoms with Crippen molar-refractivity contribution in [3.8, 4) is 23.3 Å². The zero-order chi connectivity index (χ0) is 27.8. The average molecular weight is 544 g/mol. The van der Waals surface area contributed by atoms with E-state index in [1.54, 1.807) is 18.9 Å². The van der Waals surface area contributed by atoms with E-state index in [1.165, 1.54) is 30.5 Å². The van der Waals surface area contributed by atoms with Crippen molar-refractivity contribution in [3.63, 3.8) is 0 Å². The van der Waals surface area contributed by atoms with Gasteiger partial charge in [0.2, 0.25) is 0 Å². The molecule has 14 nitrogen and oxygen atoms in total. The highest BCUT2D eigenvalue weighted by molar-refractivity contribution is 6.45. The number of nitrogens with zero attached hydrogens (tertiary/aromatic N) is 8. The number of hydrogen-bond acceptors (Lipinski definition) is 9.